The van der Waals surface area contributed by atoms with Gasteiger partial charge in [0.15, 0.2) is 31.2 Å². The molecule has 1 heterocycles. The molecule has 0 spiro atoms. The fraction of sp³-hybridized carbons (Fsp3) is 1.00. The maximum absolute atomic E-state index is 6.50. The zero-order valence-electron chi connectivity index (χ0n) is 16.6. The van der Waals surface area contributed by atoms with E-state index in [4.69, 9.17) is 18.0 Å². The minimum atomic E-state index is -1.73. The molecule has 0 aliphatic carbocycles. The molecule has 0 aromatic heterocycles. The summed E-state index contributed by atoms with van der Waals surface area (Å²) in [5, 5.41) is 0. The van der Waals surface area contributed by atoms with Gasteiger partial charge in [-0.15, -0.1) is 0 Å². The molecule has 138 valence electrons. The molecule has 1 unspecified atom stereocenters. The maximum atomic E-state index is 6.50. The zero-order valence-corrected chi connectivity index (χ0v) is 20.4. The third kappa shape index (κ3) is 8.17. The van der Waals surface area contributed by atoms with Crippen molar-refractivity contribution in [3.63, 3.8) is 0 Å². The highest BCUT2D eigenvalue weighted by Crippen LogP contribution is 2.34. The van der Waals surface area contributed by atoms with E-state index in [0.29, 0.717) is 0 Å². The van der Waals surface area contributed by atoms with Gasteiger partial charge in [-0.05, 0) is 65.2 Å². The molecule has 1 aliphatic heterocycles. The summed E-state index contributed by atoms with van der Waals surface area (Å²) < 4.78 is 25.6. The Morgan fingerprint density at radius 2 is 1.17 bits per heavy atom. The highest BCUT2D eigenvalue weighted by molar-refractivity contribution is 7.98. The van der Waals surface area contributed by atoms with Gasteiger partial charge in [0.05, 0.1) is 6.10 Å². The van der Waals surface area contributed by atoms with E-state index in [2.05, 4.69) is 65.2 Å². The summed E-state index contributed by atoms with van der Waals surface area (Å²) in [7, 11) is -5.14. The second kappa shape index (κ2) is 8.03. The topological polar surface area (TPSA) is 36.9 Å². The molecule has 0 amide bonds. The van der Waals surface area contributed by atoms with Crippen molar-refractivity contribution in [2.24, 2.45) is 0 Å². The van der Waals surface area contributed by atoms with Crippen LogP contribution in [0.15, 0.2) is 0 Å². The molecular weight excluding hydrogens is 360 g/mol. The molecule has 8 heteroatoms. The molecule has 23 heavy (non-hydrogen) atoms. The summed E-state index contributed by atoms with van der Waals surface area (Å²) >= 11 is 1.79. The van der Waals surface area contributed by atoms with E-state index < -0.39 is 25.0 Å². The average Bonchev–Trinajstić information content (AvgIpc) is 2.52. The van der Waals surface area contributed by atoms with Gasteiger partial charge >= 0.3 is 0 Å². The number of thioether (sulfide) groups is 1. The van der Waals surface area contributed by atoms with Crippen molar-refractivity contribution in [3.05, 3.63) is 0 Å². The Morgan fingerprint density at radius 3 is 1.57 bits per heavy atom. The Labute approximate surface area is 150 Å². The van der Waals surface area contributed by atoms with Crippen LogP contribution in [0.3, 0.4) is 0 Å². The first-order chi connectivity index (χ1) is 10.2. The first-order valence-corrected chi connectivity index (χ1v) is 20.0. The third-order valence-electron chi connectivity index (χ3n) is 3.05. The molecule has 4 atom stereocenters. The second-order valence-electron chi connectivity index (χ2n) is 9.12. The van der Waals surface area contributed by atoms with E-state index in [-0.39, 0.29) is 24.6 Å². The molecule has 1 rings (SSSR count). The van der Waals surface area contributed by atoms with Gasteiger partial charge in [0, 0.05) is 5.75 Å². The summed E-state index contributed by atoms with van der Waals surface area (Å²) in [4.78, 5) is 0. The lowest BCUT2D eigenvalue weighted by atomic mass is 10.2. The van der Waals surface area contributed by atoms with Crippen LogP contribution in [0.1, 0.15) is 0 Å². The predicted molar refractivity (Wildman–Crippen MR) is 108 cm³/mol. The Hall–Kier alpha value is 0.841. The highest BCUT2D eigenvalue weighted by Gasteiger charge is 2.50. The number of rotatable bonds is 8. The average molecular weight is 397 g/mol. The van der Waals surface area contributed by atoms with E-state index in [1.807, 2.05) is 0 Å². The van der Waals surface area contributed by atoms with Crippen molar-refractivity contribution in [2.75, 3.05) is 12.0 Å². The minimum absolute atomic E-state index is 0.0257. The van der Waals surface area contributed by atoms with Crippen LogP contribution in [-0.2, 0) is 18.0 Å². The normalized spacial score (nSPS) is 30.0. The van der Waals surface area contributed by atoms with Gasteiger partial charge < -0.3 is 18.0 Å². The summed E-state index contributed by atoms with van der Waals surface area (Å²) in [5.41, 5.74) is 0. The van der Waals surface area contributed by atoms with Gasteiger partial charge in [0.2, 0.25) is 0 Å². The summed E-state index contributed by atoms with van der Waals surface area (Å²) in [6.45, 7) is 19.9. The minimum Gasteiger partial charge on any atom is -0.409 e. The molecule has 0 aromatic rings. The van der Waals surface area contributed by atoms with Crippen LogP contribution in [0.5, 0.6) is 0 Å². The van der Waals surface area contributed by atoms with Gasteiger partial charge in [0.25, 0.3) is 0 Å². The van der Waals surface area contributed by atoms with Crippen LogP contribution in [0, 0.1) is 0 Å². The van der Waals surface area contributed by atoms with Crippen molar-refractivity contribution in [1.82, 2.24) is 0 Å². The van der Waals surface area contributed by atoms with Crippen molar-refractivity contribution in [2.45, 2.75) is 83.5 Å². The number of hydrogen-bond donors (Lipinski definition) is 0. The van der Waals surface area contributed by atoms with Crippen LogP contribution in [0.2, 0.25) is 58.9 Å². The number of ether oxygens (including phenoxy) is 1. The standard InChI is InChI=1S/C15H36O4SSi3/c1-20-11-12-13(17-21(2,3)4)14(18-22(5,6)7)15(16-12)19-23(8,9)10/h12-15H,11H2,1-10H3/t12-,13-,14-,15?/m1/s1. The second-order valence-corrected chi connectivity index (χ2v) is 23.4. The zero-order chi connectivity index (χ0) is 18.1. The Bertz CT molecular complexity index is 376. The smallest absolute Gasteiger partial charge is 0.187 e. The molecule has 1 aliphatic rings. The first kappa shape index (κ1) is 21.9. The van der Waals surface area contributed by atoms with Crippen LogP contribution < -0.4 is 0 Å². The van der Waals surface area contributed by atoms with Crippen molar-refractivity contribution >= 4 is 36.7 Å². The summed E-state index contributed by atoms with van der Waals surface area (Å²) in [6.07, 6.45) is 1.71. The fourth-order valence-corrected chi connectivity index (χ4v) is 6.16. The van der Waals surface area contributed by atoms with Gasteiger partial charge in [0.1, 0.15) is 12.2 Å². The molecule has 0 bridgehead atoms. The van der Waals surface area contributed by atoms with Gasteiger partial charge in [-0.3, -0.25) is 0 Å². The Kier molecular flexibility index (Phi) is 7.64. The van der Waals surface area contributed by atoms with Crippen LogP contribution in [0.4, 0.5) is 0 Å². The molecule has 0 radical (unpaired) electrons. The monoisotopic (exact) mass is 396 g/mol. The van der Waals surface area contributed by atoms with E-state index in [0.717, 1.165) is 5.75 Å². The lowest BCUT2D eigenvalue weighted by Gasteiger charge is -2.35. The molecular formula is C15H36O4SSi3. The molecule has 0 N–H and O–H groups in total. The maximum Gasteiger partial charge on any atom is 0.187 e. The lowest BCUT2D eigenvalue weighted by molar-refractivity contribution is -0.106. The third-order valence-corrected chi connectivity index (χ3v) is 6.61. The van der Waals surface area contributed by atoms with Gasteiger partial charge in [-0.1, -0.05) is 0 Å². The van der Waals surface area contributed by atoms with Crippen molar-refractivity contribution in [1.29, 1.82) is 0 Å². The van der Waals surface area contributed by atoms with Crippen molar-refractivity contribution in [3.8, 4) is 0 Å². The van der Waals surface area contributed by atoms with Gasteiger partial charge in [-0.2, -0.15) is 11.8 Å². The van der Waals surface area contributed by atoms with Gasteiger partial charge in [-0.25, -0.2) is 0 Å². The molecule has 1 fully saturated rings. The van der Waals surface area contributed by atoms with Crippen LogP contribution >= 0.6 is 11.8 Å². The molecule has 1 saturated heterocycles. The van der Waals surface area contributed by atoms with E-state index in [9.17, 15) is 0 Å². The van der Waals surface area contributed by atoms with E-state index in [1.165, 1.54) is 0 Å². The highest BCUT2D eigenvalue weighted by atomic mass is 32.2. The SMILES string of the molecule is CSC[C@H]1OC(O[Si](C)(C)C)[C@H](O[Si](C)(C)C)[C@@H]1O[Si](C)(C)C. The predicted octanol–water partition coefficient (Wildman–Crippen LogP) is 4.37. The van der Waals surface area contributed by atoms with Crippen LogP contribution in [-0.4, -0.2) is 61.6 Å². The quantitative estimate of drug-likeness (QED) is 0.570. The lowest BCUT2D eigenvalue weighted by Crippen LogP contribution is -2.50. The summed E-state index contributed by atoms with van der Waals surface area (Å²) in [6, 6.07) is 0. The fourth-order valence-electron chi connectivity index (χ4n) is 2.52. The Morgan fingerprint density at radius 1 is 0.739 bits per heavy atom. The summed E-state index contributed by atoms with van der Waals surface area (Å²) in [5.74, 6) is 0.909. The number of hydrogen-bond acceptors (Lipinski definition) is 5. The first-order valence-electron chi connectivity index (χ1n) is 8.40. The van der Waals surface area contributed by atoms with Crippen molar-refractivity contribution < 1.29 is 18.0 Å². The van der Waals surface area contributed by atoms with E-state index in [1.54, 1.807) is 11.8 Å². The molecule has 4 nitrogen and oxygen atoms in total. The molecule has 0 aromatic carbocycles. The largest absolute Gasteiger partial charge is 0.409 e. The van der Waals surface area contributed by atoms with E-state index >= 15 is 0 Å². The molecule has 0 saturated carbocycles. The van der Waals surface area contributed by atoms with Crippen LogP contribution in [0.25, 0.3) is 0 Å². The Balaban J connectivity index is 3.05.